The molecule has 28 heavy (non-hydrogen) atoms. The molecule has 1 aromatic heterocycles. The molecule has 0 radical (unpaired) electrons. The molecule has 1 saturated heterocycles. The number of aliphatic imine (C=N–C) groups is 1. The van der Waals surface area contributed by atoms with Gasteiger partial charge in [-0.15, -0.1) is 24.0 Å². The number of pyridine rings is 1. The van der Waals surface area contributed by atoms with E-state index in [0.717, 1.165) is 49.1 Å². The Morgan fingerprint density at radius 3 is 2.79 bits per heavy atom. The van der Waals surface area contributed by atoms with E-state index in [1.807, 2.05) is 36.4 Å². The van der Waals surface area contributed by atoms with Crippen molar-refractivity contribution in [3.8, 4) is 5.75 Å². The molecule has 3 rings (SSSR count). The summed E-state index contributed by atoms with van der Waals surface area (Å²) in [6.45, 7) is 5.27. The maximum Gasteiger partial charge on any atom is 0.191 e. The summed E-state index contributed by atoms with van der Waals surface area (Å²) in [7, 11) is 1.67. The molecule has 1 aliphatic heterocycles. The molecule has 0 bridgehead atoms. The Kier molecular flexibility index (Phi) is 9.11. The topological polar surface area (TPSA) is 61.8 Å². The molecule has 1 fully saturated rings. The van der Waals surface area contributed by atoms with Gasteiger partial charge in [0.2, 0.25) is 0 Å². The van der Waals surface area contributed by atoms with Crippen LogP contribution >= 0.6 is 35.6 Å². The van der Waals surface area contributed by atoms with E-state index in [-0.39, 0.29) is 24.0 Å². The minimum absolute atomic E-state index is 0. The molecule has 1 unspecified atom stereocenters. The van der Waals surface area contributed by atoms with Crippen LogP contribution in [0.1, 0.15) is 18.9 Å². The molecule has 0 saturated carbocycles. The number of methoxy groups -OCH3 is 1. The first-order valence-electron chi connectivity index (χ1n) is 9.23. The van der Waals surface area contributed by atoms with E-state index in [4.69, 9.17) is 21.3 Å². The molecule has 0 amide bonds. The van der Waals surface area contributed by atoms with Crippen molar-refractivity contribution in [1.82, 2.24) is 15.6 Å². The number of aromatic nitrogens is 1. The van der Waals surface area contributed by atoms with Gasteiger partial charge in [0.15, 0.2) is 5.96 Å². The lowest BCUT2D eigenvalue weighted by Crippen LogP contribution is -2.44. The second-order valence-electron chi connectivity index (χ2n) is 6.43. The van der Waals surface area contributed by atoms with Crippen LogP contribution in [-0.2, 0) is 6.54 Å². The number of hydrogen-bond acceptors (Lipinski definition) is 4. The van der Waals surface area contributed by atoms with Gasteiger partial charge in [-0.1, -0.05) is 23.7 Å². The molecule has 2 aromatic rings. The third-order valence-electron chi connectivity index (χ3n) is 4.49. The fraction of sp³-hybridized carbons (Fsp3) is 0.400. The van der Waals surface area contributed by atoms with E-state index < -0.39 is 0 Å². The van der Waals surface area contributed by atoms with Gasteiger partial charge in [-0.2, -0.15) is 0 Å². The summed E-state index contributed by atoms with van der Waals surface area (Å²) >= 11 is 6.28. The lowest BCUT2D eigenvalue weighted by Gasteiger charge is -2.20. The second-order valence-corrected chi connectivity index (χ2v) is 6.84. The lowest BCUT2D eigenvalue weighted by atomic mass is 10.2. The van der Waals surface area contributed by atoms with Crippen LogP contribution in [0.25, 0.3) is 0 Å². The van der Waals surface area contributed by atoms with E-state index in [1.165, 1.54) is 0 Å². The average molecular weight is 516 g/mol. The minimum atomic E-state index is 0. The molecule has 2 N–H and O–H groups in total. The number of rotatable bonds is 6. The minimum Gasteiger partial charge on any atom is -0.497 e. The summed E-state index contributed by atoms with van der Waals surface area (Å²) in [5.74, 6) is 2.53. The Balaban J connectivity index is 0.00000280. The summed E-state index contributed by atoms with van der Waals surface area (Å²) in [5, 5.41) is 7.55. The first kappa shape index (κ1) is 22.5. The highest BCUT2D eigenvalue weighted by atomic mass is 127. The number of nitrogens with one attached hydrogen (secondary N) is 2. The Morgan fingerprint density at radius 1 is 1.32 bits per heavy atom. The molecule has 6 nitrogen and oxygen atoms in total. The Morgan fingerprint density at radius 2 is 2.11 bits per heavy atom. The zero-order chi connectivity index (χ0) is 19.1. The van der Waals surface area contributed by atoms with Gasteiger partial charge < -0.3 is 20.3 Å². The molecule has 8 heteroatoms. The van der Waals surface area contributed by atoms with Crippen LogP contribution in [0.4, 0.5) is 5.82 Å². The standard InChI is InChI=1S/C20H26ClN5O.HI/c1-3-22-20(24-13-15-6-8-17(27-2)9-7-15)25-16-10-12-26(14-16)19-18(21)5-4-11-23-19;/h4-9,11,16H,3,10,12-14H2,1-2H3,(H2,22,24,25);1H. The first-order chi connectivity index (χ1) is 13.2. The zero-order valence-electron chi connectivity index (χ0n) is 16.2. The van der Waals surface area contributed by atoms with Crippen molar-refractivity contribution in [3.63, 3.8) is 0 Å². The molecule has 1 aromatic carbocycles. The van der Waals surface area contributed by atoms with Crippen molar-refractivity contribution < 1.29 is 4.74 Å². The number of hydrogen-bond donors (Lipinski definition) is 2. The quantitative estimate of drug-likeness (QED) is 0.349. The molecule has 0 aliphatic carbocycles. The van der Waals surface area contributed by atoms with Gasteiger partial charge in [0, 0.05) is 31.9 Å². The van der Waals surface area contributed by atoms with Crippen LogP contribution < -0.4 is 20.3 Å². The maximum absolute atomic E-state index is 6.28. The fourth-order valence-electron chi connectivity index (χ4n) is 3.10. The summed E-state index contributed by atoms with van der Waals surface area (Å²) in [6, 6.07) is 12.0. The van der Waals surface area contributed by atoms with Crippen LogP contribution in [0.5, 0.6) is 5.75 Å². The van der Waals surface area contributed by atoms with Gasteiger partial charge in [0.1, 0.15) is 11.6 Å². The number of guanidine groups is 1. The summed E-state index contributed by atoms with van der Waals surface area (Å²) in [5.41, 5.74) is 1.14. The summed E-state index contributed by atoms with van der Waals surface area (Å²) in [4.78, 5) is 11.3. The molecular formula is C20H27ClIN5O. The number of anilines is 1. The third-order valence-corrected chi connectivity index (χ3v) is 4.79. The van der Waals surface area contributed by atoms with Gasteiger partial charge in [-0.05, 0) is 43.2 Å². The molecule has 2 heterocycles. The highest BCUT2D eigenvalue weighted by Crippen LogP contribution is 2.25. The summed E-state index contributed by atoms with van der Waals surface area (Å²) < 4.78 is 5.20. The second kappa shape index (κ2) is 11.3. The van der Waals surface area contributed by atoms with Crippen molar-refractivity contribution in [2.24, 2.45) is 4.99 Å². The maximum atomic E-state index is 6.28. The van der Waals surface area contributed by atoms with E-state index in [2.05, 4.69) is 27.4 Å². The Hall–Kier alpha value is -1.74. The van der Waals surface area contributed by atoms with Crippen molar-refractivity contribution in [2.75, 3.05) is 31.6 Å². The highest BCUT2D eigenvalue weighted by molar-refractivity contribution is 14.0. The molecule has 1 aliphatic rings. The number of nitrogens with zero attached hydrogens (tertiary/aromatic N) is 3. The lowest BCUT2D eigenvalue weighted by molar-refractivity contribution is 0.414. The van der Waals surface area contributed by atoms with Gasteiger partial charge in [0.25, 0.3) is 0 Å². The SMILES string of the molecule is CCNC(=NCc1ccc(OC)cc1)NC1CCN(c2ncccc2Cl)C1.I. The van der Waals surface area contributed by atoms with Crippen molar-refractivity contribution in [2.45, 2.75) is 25.9 Å². The Bertz CT molecular complexity index is 771. The van der Waals surface area contributed by atoms with Crippen LogP contribution in [0.3, 0.4) is 0 Å². The number of halogens is 2. The van der Waals surface area contributed by atoms with Crippen molar-refractivity contribution in [1.29, 1.82) is 0 Å². The zero-order valence-corrected chi connectivity index (χ0v) is 19.3. The van der Waals surface area contributed by atoms with Gasteiger partial charge >= 0.3 is 0 Å². The van der Waals surface area contributed by atoms with Crippen LogP contribution in [0.15, 0.2) is 47.6 Å². The predicted octanol–water partition coefficient (Wildman–Crippen LogP) is 3.70. The van der Waals surface area contributed by atoms with E-state index >= 15 is 0 Å². The van der Waals surface area contributed by atoms with Crippen LogP contribution in [0.2, 0.25) is 5.02 Å². The molecule has 152 valence electrons. The van der Waals surface area contributed by atoms with E-state index in [9.17, 15) is 0 Å². The van der Waals surface area contributed by atoms with E-state index in [1.54, 1.807) is 13.3 Å². The first-order valence-corrected chi connectivity index (χ1v) is 9.60. The van der Waals surface area contributed by atoms with Gasteiger partial charge in [0.05, 0.1) is 18.7 Å². The largest absolute Gasteiger partial charge is 0.497 e. The fourth-order valence-corrected chi connectivity index (χ4v) is 3.34. The van der Waals surface area contributed by atoms with E-state index in [0.29, 0.717) is 17.6 Å². The number of ether oxygens (including phenoxy) is 1. The van der Waals surface area contributed by atoms with Crippen molar-refractivity contribution >= 4 is 47.4 Å². The third kappa shape index (κ3) is 6.13. The number of benzene rings is 1. The molecule has 0 spiro atoms. The average Bonchev–Trinajstić information content (AvgIpc) is 3.15. The van der Waals surface area contributed by atoms with Crippen LogP contribution in [0, 0.1) is 0 Å². The molecular weight excluding hydrogens is 489 g/mol. The Labute approximate surface area is 188 Å². The molecule has 1 atom stereocenters. The van der Waals surface area contributed by atoms with Crippen LogP contribution in [-0.4, -0.2) is 43.7 Å². The summed E-state index contributed by atoms with van der Waals surface area (Å²) in [6.07, 6.45) is 2.79. The highest BCUT2D eigenvalue weighted by Gasteiger charge is 2.25. The van der Waals surface area contributed by atoms with Crippen molar-refractivity contribution in [3.05, 3.63) is 53.2 Å². The smallest absolute Gasteiger partial charge is 0.191 e. The van der Waals surface area contributed by atoms with Gasteiger partial charge in [-0.3, -0.25) is 0 Å². The van der Waals surface area contributed by atoms with Gasteiger partial charge in [-0.25, -0.2) is 9.98 Å². The predicted molar refractivity (Wildman–Crippen MR) is 126 cm³/mol. The normalized spacial score (nSPS) is 16.5. The monoisotopic (exact) mass is 515 g/mol.